The van der Waals surface area contributed by atoms with Gasteiger partial charge in [0.05, 0.1) is 4.92 Å². The SMILES string of the molecule is C[C@H](NCc1cc(Cl)ccc1[N+](=O)[O-])c1cccc(Br)c1. The number of nitrogens with one attached hydrogen (secondary N) is 1. The van der Waals surface area contributed by atoms with Crippen LogP contribution in [0, 0.1) is 10.1 Å². The molecule has 4 nitrogen and oxygen atoms in total. The van der Waals surface area contributed by atoms with Gasteiger partial charge in [-0.2, -0.15) is 0 Å². The van der Waals surface area contributed by atoms with E-state index < -0.39 is 4.92 Å². The van der Waals surface area contributed by atoms with Gasteiger partial charge in [-0.3, -0.25) is 10.1 Å². The quantitative estimate of drug-likeness (QED) is 0.605. The molecule has 2 rings (SSSR count). The Bertz CT molecular complexity index is 664. The Morgan fingerprint density at radius 1 is 1.33 bits per heavy atom. The normalized spacial score (nSPS) is 12.1. The standard InChI is InChI=1S/C15H14BrClN2O2/c1-10(11-3-2-4-13(16)7-11)18-9-12-8-14(17)5-6-15(12)19(20)21/h2-8,10,18H,9H2,1H3/t10-/m0/s1. The molecule has 0 saturated heterocycles. The highest BCUT2D eigenvalue weighted by Gasteiger charge is 2.15. The molecular weight excluding hydrogens is 356 g/mol. The lowest BCUT2D eigenvalue weighted by Gasteiger charge is -2.15. The summed E-state index contributed by atoms with van der Waals surface area (Å²) in [6, 6.07) is 12.6. The second-order valence-corrected chi connectivity index (χ2v) is 6.04. The molecule has 0 aliphatic carbocycles. The van der Waals surface area contributed by atoms with E-state index in [0.29, 0.717) is 17.1 Å². The summed E-state index contributed by atoms with van der Waals surface area (Å²) in [4.78, 5) is 10.6. The van der Waals surface area contributed by atoms with Gasteiger partial charge in [-0.25, -0.2) is 0 Å². The molecular formula is C15H14BrClN2O2. The summed E-state index contributed by atoms with van der Waals surface area (Å²) < 4.78 is 1.00. The first-order valence-electron chi connectivity index (χ1n) is 6.39. The number of nitro benzene ring substituents is 1. The molecule has 6 heteroatoms. The lowest BCUT2D eigenvalue weighted by atomic mass is 10.1. The first kappa shape index (κ1) is 15.9. The van der Waals surface area contributed by atoms with Gasteiger partial charge in [0.25, 0.3) is 5.69 Å². The molecule has 0 bridgehead atoms. The van der Waals surface area contributed by atoms with E-state index in [0.717, 1.165) is 10.0 Å². The van der Waals surface area contributed by atoms with Crippen LogP contribution in [-0.4, -0.2) is 4.92 Å². The van der Waals surface area contributed by atoms with Crippen LogP contribution in [0.5, 0.6) is 0 Å². The van der Waals surface area contributed by atoms with E-state index in [4.69, 9.17) is 11.6 Å². The van der Waals surface area contributed by atoms with Crippen molar-refractivity contribution in [1.82, 2.24) is 5.32 Å². The lowest BCUT2D eigenvalue weighted by molar-refractivity contribution is -0.385. The zero-order valence-electron chi connectivity index (χ0n) is 11.3. The van der Waals surface area contributed by atoms with E-state index >= 15 is 0 Å². The Balaban J connectivity index is 2.12. The zero-order chi connectivity index (χ0) is 15.4. The van der Waals surface area contributed by atoms with Crippen LogP contribution in [0.2, 0.25) is 5.02 Å². The van der Waals surface area contributed by atoms with Gasteiger partial charge < -0.3 is 5.32 Å². The summed E-state index contributed by atoms with van der Waals surface area (Å²) in [5, 5.41) is 14.8. The molecule has 1 atom stereocenters. The third kappa shape index (κ3) is 4.27. The molecule has 0 unspecified atom stereocenters. The highest BCUT2D eigenvalue weighted by molar-refractivity contribution is 9.10. The van der Waals surface area contributed by atoms with Crippen LogP contribution in [0.25, 0.3) is 0 Å². The average molecular weight is 370 g/mol. The minimum atomic E-state index is -0.392. The summed E-state index contributed by atoms with van der Waals surface area (Å²) in [5.74, 6) is 0. The van der Waals surface area contributed by atoms with Gasteiger partial charge in [0, 0.05) is 33.7 Å². The number of hydrogen-bond acceptors (Lipinski definition) is 3. The van der Waals surface area contributed by atoms with Crippen LogP contribution in [0.1, 0.15) is 24.1 Å². The number of nitro groups is 1. The summed E-state index contributed by atoms with van der Waals surface area (Å²) in [7, 11) is 0. The summed E-state index contributed by atoms with van der Waals surface area (Å²) in [6.07, 6.45) is 0. The molecule has 0 amide bonds. The van der Waals surface area contributed by atoms with Crippen molar-refractivity contribution in [2.75, 3.05) is 0 Å². The fourth-order valence-electron chi connectivity index (χ4n) is 2.03. The van der Waals surface area contributed by atoms with Gasteiger partial charge in [0.1, 0.15) is 0 Å². The summed E-state index contributed by atoms with van der Waals surface area (Å²) in [6.45, 7) is 2.39. The topological polar surface area (TPSA) is 55.2 Å². The molecule has 0 fully saturated rings. The lowest BCUT2D eigenvalue weighted by Crippen LogP contribution is -2.18. The van der Waals surface area contributed by atoms with E-state index in [9.17, 15) is 10.1 Å². The van der Waals surface area contributed by atoms with Gasteiger partial charge in [-0.15, -0.1) is 0 Å². The van der Waals surface area contributed by atoms with Crippen LogP contribution < -0.4 is 5.32 Å². The number of nitrogens with zero attached hydrogens (tertiary/aromatic N) is 1. The number of rotatable bonds is 5. The molecule has 2 aromatic carbocycles. The van der Waals surface area contributed by atoms with Gasteiger partial charge in [-0.1, -0.05) is 39.7 Å². The van der Waals surface area contributed by atoms with Gasteiger partial charge in [0.2, 0.25) is 0 Å². The molecule has 0 aliphatic rings. The van der Waals surface area contributed by atoms with E-state index in [1.54, 1.807) is 6.07 Å². The van der Waals surface area contributed by atoms with Crippen molar-refractivity contribution in [2.45, 2.75) is 19.5 Å². The molecule has 21 heavy (non-hydrogen) atoms. The van der Waals surface area contributed by atoms with Crippen molar-refractivity contribution in [3.63, 3.8) is 0 Å². The van der Waals surface area contributed by atoms with Crippen LogP contribution in [-0.2, 0) is 6.54 Å². The fraction of sp³-hybridized carbons (Fsp3) is 0.200. The number of benzene rings is 2. The largest absolute Gasteiger partial charge is 0.306 e. The molecule has 0 radical (unpaired) electrons. The third-order valence-corrected chi connectivity index (χ3v) is 3.91. The maximum Gasteiger partial charge on any atom is 0.273 e. The Kier molecular flexibility index (Phi) is 5.33. The maximum atomic E-state index is 11.0. The summed E-state index contributed by atoms with van der Waals surface area (Å²) in [5.41, 5.74) is 1.76. The molecule has 0 aromatic heterocycles. The smallest absolute Gasteiger partial charge is 0.273 e. The van der Waals surface area contributed by atoms with Crippen LogP contribution in [0.4, 0.5) is 5.69 Å². The van der Waals surface area contributed by atoms with Crippen molar-refractivity contribution in [2.24, 2.45) is 0 Å². The second-order valence-electron chi connectivity index (χ2n) is 4.69. The van der Waals surface area contributed by atoms with E-state index in [1.165, 1.54) is 12.1 Å². The summed E-state index contributed by atoms with van der Waals surface area (Å²) >= 11 is 9.35. The Morgan fingerprint density at radius 3 is 2.76 bits per heavy atom. The van der Waals surface area contributed by atoms with Crippen LogP contribution >= 0.6 is 27.5 Å². The van der Waals surface area contributed by atoms with Crippen molar-refractivity contribution in [3.8, 4) is 0 Å². The van der Waals surface area contributed by atoms with Crippen LogP contribution in [0.15, 0.2) is 46.9 Å². The fourth-order valence-corrected chi connectivity index (χ4v) is 2.64. The first-order valence-corrected chi connectivity index (χ1v) is 7.56. The molecule has 2 aromatic rings. The highest BCUT2D eigenvalue weighted by atomic mass is 79.9. The minimum Gasteiger partial charge on any atom is -0.306 e. The number of hydrogen-bond donors (Lipinski definition) is 1. The monoisotopic (exact) mass is 368 g/mol. The first-order chi connectivity index (χ1) is 9.97. The van der Waals surface area contributed by atoms with Crippen molar-refractivity contribution < 1.29 is 4.92 Å². The Morgan fingerprint density at radius 2 is 2.10 bits per heavy atom. The predicted molar refractivity (Wildman–Crippen MR) is 87.5 cm³/mol. The van der Waals surface area contributed by atoms with E-state index in [1.807, 2.05) is 31.2 Å². The van der Waals surface area contributed by atoms with Crippen LogP contribution in [0.3, 0.4) is 0 Å². The minimum absolute atomic E-state index is 0.0704. The van der Waals surface area contributed by atoms with Gasteiger partial charge >= 0.3 is 0 Å². The highest BCUT2D eigenvalue weighted by Crippen LogP contribution is 2.24. The van der Waals surface area contributed by atoms with Crippen molar-refractivity contribution in [3.05, 3.63) is 73.2 Å². The van der Waals surface area contributed by atoms with Crippen molar-refractivity contribution in [1.29, 1.82) is 0 Å². The Labute approximate surface area is 136 Å². The van der Waals surface area contributed by atoms with E-state index in [2.05, 4.69) is 21.2 Å². The van der Waals surface area contributed by atoms with Gasteiger partial charge in [-0.05, 0) is 36.8 Å². The molecule has 1 N–H and O–H groups in total. The van der Waals surface area contributed by atoms with E-state index in [-0.39, 0.29) is 11.7 Å². The molecule has 0 heterocycles. The Hall–Kier alpha value is -1.43. The molecule has 0 aliphatic heterocycles. The van der Waals surface area contributed by atoms with Gasteiger partial charge in [0.15, 0.2) is 0 Å². The molecule has 110 valence electrons. The molecule has 0 saturated carbocycles. The molecule has 0 spiro atoms. The maximum absolute atomic E-state index is 11.0. The predicted octanol–water partition coefficient (Wildman–Crippen LogP) is 4.86. The second kappa shape index (κ2) is 7.02. The zero-order valence-corrected chi connectivity index (χ0v) is 13.7. The van der Waals surface area contributed by atoms with Crippen molar-refractivity contribution >= 4 is 33.2 Å². The average Bonchev–Trinajstić information content (AvgIpc) is 2.44. The third-order valence-electron chi connectivity index (χ3n) is 3.19. The number of halogens is 2.